The molecule has 0 unspecified atom stereocenters. The number of carbonyl (C=O) groups excluding carboxylic acids is 1. The van der Waals surface area contributed by atoms with Crippen molar-refractivity contribution in [1.82, 2.24) is 4.98 Å². The van der Waals surface area contributed by atoms with Crippen molar-refractivity contribution in [2.24, 2.45) is 0 Å². The predicted molar refractivity (Wildman–Crippen MR) is 52.6 cm³/mol. The molecule has 0 fully saturated rings. The van der Waals surface area contributed by atoms with Crippen molar-refractivity contribution < 1.29 is 4.79 Å². The maximum absolute atomic E-state index is 10.7. The standard InChI is InChI=1S/C11H15NO/c1-9-6-7-11(8-12-9)5-3-4-10(2)13/h6-8H,3-5H2,1-2H3. The van der Waals surface area contributed by atoms with Crippen LogP contribution in [0.1, 0.15) is 31.0 Å². The molecule has 1 heterocycles. The molecule has 0 aliphatic rings. The fraction of sp³-hybridized carbons (Fsp3) is 0.455. The van der Waals surface area contributed by atoms with Crippen molar-refractivity contribution in [2.75, 3.05) is 0 Å². The molecule has 0 N–H and O–H groups in total. The summed E-state index contributed by atoms with van der Waals surface area (Å²) in [6.45, 7) is 3.60. The first kappa shape index (κ1) is 9.90. The second kappa shape index (κ2) is 4.75. The Morgan fingerprint density at radius 1 is 1.46 bits per heavy atom. The van der Waals surface area contributed by atoms with Gasteiger partial charge in [-0.15, -0.1) is 0 Å². The highest BCUT2D eigenvalue weighted by molar-refractivity contribution is 5.75. The molecule has 1 rings (SSSR count). The number of aromatic nitrogens is 1. The average molecular weight is 177 g/mol. The van der Waals surface area contributed by atoms with Crippen molar-refractivity contribution in [3.63, 3.8) is 0 Å². The summed E-state index contributed by atoms with van der Waals surface area (Å²) < 4.78 is 0. The Hall–Kier alpha value is -1.18. The molecule has 0 amide bonds. The third-order valence-corrected chi connectivity index (χ3v) is 1.97. The monoisotopic (exact) mass is 177 g/mol. The Labute approximate surface area is 79.0 Å². The first-order chi connectivity index (χ1) is 6.18. The van der Waals surface area contributed by atoms with Gasteiger partial charge in [0.05, 0.1) is 0 Å². The third kappa shape index (κ3) is 3.83. The molecule has 0 spiro atoms. The second-order valence-electron chi connectivity index (χ2n) is 3.36. The van der Waals surface area contributed by atoms with E-state index in [2.05, 4.69) is 11.1 Å². The van der Waals surface area contributed by atoms with Crippen molar-refractivity contribution >= 4 is 5.78 Å². The van der Waals surface area contributed by atoms with Crippen molar-refractivity contribution in [2.45, 2.75) is 33.1 Å². The topological polar surface area (TPSA) is 30.0 Å². The normalized spacial score (nSPS) is 10.0. The summed E-state index contributed by atoms with van der Waals surface area (Å²) in [6.07, 6.45) is 4.44. The molecule has 0 radical (unpaired) electrons. The average Bonchev–Trinajstić information content (AvgIpc) is 2.08. The van der Waals surface area contributed by atoms with Gasteiger partial charge in [0.2, 0.25) is 0 Å². The number of Topliss-reactive ketones (excluding diaryl/α,β-unsaturated/α-hetero) is 1. The van der Waals surface area contributed by atoms with Crippen LogP contribution in [0, 0.1) is 6.92 Å². The fourth-order valence-corrected chi connectivity index (χ4v) is 1.19. The van der Waals surface area contributed by atoms with Gasteiger partial charge in [-0.25, -0.2) is 0 Å². The van der Waals surface area contributed by atoms with Gasteiger partial charge in [-0.1, -0.05) is 6.07 Å². The van der Waals surface area contributed by atoms with E-state index in [1.165, 1.54) is 5.56 Å². The van der Waals surface area contributed by atoms with E-state index in [9.17, 15) is 4.79 Å². The number of aryl methyl sites for hydroxylation is 2. The highest BCUT2D eigenvalue weighted by Gasteiger charge is 1.96. The van der Waals surface area contributed by atoms with E-state index >= 15 is 0 Å². The van der Waals surface area contributed by atoms with Gasteiger partial charge in [-0.3, -0.25) is 4.98 Å². The summed E-state index contributed by atoms with van der Waals surface area (Å²) in [7, 11) is 0. The van der Waals surface area contributed by atoms with Crippen LogP contribution in [0.15, 0.2) is 18.3 Å². The summed E-state index contributed by atoms with van der Waals surface area (Å²) in [5, 5.41) is 0. The molecule has 0 saturated heterocycles. The van der Waals surface area contributed by atoms with E-state index in [4.69, 9.17) is 0 Å². The van der Waals surface area contributed by atoms with Gasteiger partial charge >= 0.3 is 0 Å². The van der Waals surface area contributed by atoms with Crippen LogP contribution in [0.25, 0.3) is 0 Å². The lowest BCUT2D eigenvalue weighted by Gasteiger charge is -1.99. The van der Waals surface area contributed by atoms with E-state index in [0.29, 0.717) is 6.42 Å². The number of ketones is 1. The lowest BCUT2D eigenvalue weighted by atomic mass is 10.1. The predicted octanol–water partition coefficient (Wildman–Crippen LogP) is 2.30. The molecule has 2 heteroatoms. The minimum absolute atomic E-state index is 0.264. The summed E-state index contributed by atoms with van der Waals surface area (Å²) >= 11 is 0. The van der Waals surface area contributed by atoms with E-state index < -0.39 is 0 Å². The molecular weight excluding hydrogens is 162 g/mol. The second-order valence-corrected chi connectivity index (χ2v) is 3.36. The zero-order valence-electron chi connectivity index (χ0n) is 8.21. The molecule has 2 nitrogen and oxygen atoms in total. The molecule has 0 aliphatic heterocycles. The molecule has 0 atom stereocenters. The van der Waals surface area contributed by atoms with Crippen LogP contribution >= 0.6 is 0 Å². The van der Waals surface area contributed by atoms with Crippen molar-refractivity contribution in [3.8, 4) is 0 Å². The quantitative estimate of drug-likeness (QED) is 0.706. The first-order valence-electron chi connectivity index (χ1n) is 4.59. The number of carbonyl (C=O) groups is 1. The SMILES string of the molecule is CC(=O)CCCc1ccc(C)nc1. The smallest absolute Gasteiger partial charge is 0.129 e. The lowest BCUT2D eigenvalue weighted by molar-refractivity contribution is -0.117. The number of hydrogen-bond donors (Lipinski definition) is 0. The summed E-state index contributed by atoms with van der Waals surface area (Å²) in [5.74, 6) is 0.264. The molecule has 0 bridgehead atoms. The Kier molecular flexibility index (Phi) is 3.62. The van der Waals surface area contributed by atoms with Gasteiger partial charge in [0.25, 0.3) is 0 Å². The van der Waals surface area contributed by atoms with Gasteiger partial charge in [0.1, 0.15) is 5.78 Å². The molecule has 1 aromatic heterocycles. The molecule has 0 saturated carbocycles. The van der Waals surface area contributed by atoms with Crippen LogP contribution < -0.4 is 0 Å². The van der Waals surface area contributed by atoms with Crippen LogP contribution in [-0.4, -0.2) is 10.8 Å². The van der Waals surface area contributed by atoms with Crippen LogP contribution in [0.5, 0.6) is 0 Å². The van der Waals surface area contributed by atoms with Crippen LogP contribution in [0.3, 0.4) is 0 Å². The summed E-state index contributed by atoms with van der Waals surface area (Å²) in [4.78, 5) is 14.9. The number of hydrogen-bond acceptors (Lipinski definition) is 2. The van der Waals surface area contributed by atoms with E-state index in [1.807, 2.05) is 19.2 Å². The molecule has 0 aromatic carbocycles. The fourth-order valence-electron chi connectivity index (χ4n) is 1.19. The summed E-state index contributed by atoms with van der Waals surface area (Å²) in [6, 6.07) is 4.07. The largest absolute Gasteiger partial charge is 0.300 e. The van der Waals surface area contributed by atoms with Gasteiger partial charge in [-0.2, -0.15) is 0 Å². The van der Waals surface area contributed by atoms with E-state index in [1.54, 1.807) is 6.92 Å². The Balaban J connectivity index is 2.37. The maximum atomic E-state index is 10.7. The van der Waals surface area contributed by atoms with Crippen LogP contribution in [0.2, 0.25) is 0 Å². The Morgan fingerprint density at radius 3 is 2.77 bits per heavy atom. The summed E-state index contributed by atoms with van der Waals surface area (Å²) in [5.41, 5.74) is 2.25. The zero-order chi connectivity index (χ0) is 9.68. The molecule has 1 aromatic rings. The van der Waals surface area contributed by atoms with Crippen LogP contribution in [-0.2, 0) is 11.2 Å². The highest BCUT2D eigenvalue weighted by Crippen LogP contribution is 2.04. The van der Waals surface area contributed by atoms with E-state index in [-0.39, 0.29) is 5.78 Å². The van der Waals surface area contributed by atoms with Gasteiger partial charge < -0.3 is 4.79 Å². The molecule has 0 aliphatic carbocycles. The van der Waals surface area contributed by atoms with Gasteiger partial charge in [0.15, 0.2) is 0 Å². The maximum Gasteiger partial charge on any atom is 0.129 e. The highest BCUT2D eigenvalue weighted by atomic mass is 16.1. The first-order valence-corrected chi connectivity index (χ1v) is 4.59. The van der Waals surface area contributed by atoms with Crippen molar-refractivity contribution in [3.05, 3.63) is 29.6 Å². The third-order valence-electron chi connectivity index (χ3n) is 1.97. The van der Waals surface area contributed by atoms with Gasteiger partial charge in [-0.05, 0) is 38.3 Å². The molecular formula is C11H15NO. The molecule has 13 heavy (non-hydrogen) atoms. The number of pyridine rings is 1. The molecule has 70 valence electrons. The van der Waals surface area contributed by atoms with Crippen LogP contribution in [0.4, 0.5) is 0 Å². The minimum atomic E-state index is 0.264. The van der Waals surface area contributed by atoms with E-state index in [0.717, 1.165) is 18.5 Å². The number of nitrogens with zero attached hydrogens (tertiary/aromatic N) is 1. The number of rotatable bonds is 4. The van der Waals surface area contributed by atoms with Crippen molar-refractivity contribution in [1.29, 1.82) is 0 Å². The Bertz CT molecular complexity index is 277. The Morgan fingerprint density at radius 2 is 2.23 bits per heavy atom. The lowest BCUT2D eigenvalue weighted by Crippen LogP contribution is -1.93. The zero-order valence-corrected chi connectivity index (χ0v) is 8.21. The minimum Gasteiger partial charge on any atom is -0.300 e. The van der Waals surface area contributed by atoms with Gasteiger partial charge in [0, 0.05) is 18.3 Å².